The SMILES string of the molecule is O=C(O)[C@H]1CCCc2c1[nH]c1ccc(Cl)cc21. The molecule has 3 nitrogen and oxygen atoms in total. The van der Waals surface area contributed by atoms with E-state index in [0.717, 1.165) is 35.0 Å². The van der Waals surface area contributed by atoms with Gasteiger partial charge in [0.25, 0.3) is 0 Å². The van der Waals surface area contributed by atoms with Gasteiger partial charge >= 0.3 is 5.97 Å². The Hall–Kier alpha value is -1.48. The first-order valence-corrected chi connectivity index (χ1v) is 6.07. The fourth-order valence-corrected chi connectivity index (χ4v) is 2.85. The minimum Gasteiger partial charge on any atom is -0.481 e. The number of carboxylic acids is 1. The number of carboxylic acid groups (broad SMARTS) is 1. The van der Waals surface area contributed by atoms with Crippen molar-refractivity contribution >= 4 is 28.5 Å². The minimum absolute atomic E-state index is 0.398. The zero-order valence-corrected chi connectivity index (χ0v) is 9.92. The molecule has 1 aliphatic rings. The molecule has 0 aliphatic heterocycles. The number of nitrogens with one attached hydrogen (secondary N) is 1. The lowest BCUT2D eigenvalue weighted by atomic mass is 9.87. The second-order valence-electron chi connectivity index (χ2n) is 4.49. The molecule has 88 valence electrons. The molecule has 1 aromatic heterocycles. The summed E-state index contributed by atoms with van der Waals surface area (Å²) in [4.78, 5) is 14.4. The van der Waals surface area contributed by atoms with Crippen LogP contribution in [-0.4, -0.2) is 16.1 Å². The van der Waals surface area contributed by atoms with Crippen molar-refractivity contribution in [2.45, 2.75) is 25.2 Å². The summed E-state index contributed by atoms with van der Waals surface area (Å²) in [5.41, 5.74) is 2.97. The van der Waals surface area contributed by atoms with E-state index in [1.54, 1.807) is 0 Å². The maximum absolute atomic E-state index is 11.2. The number of H-pyrrole nitrogens is 1. The second kappa shape index (κ2) is 3.77. The molecule has 0 saturated carbocycles. The van der Waals surface area contributed by atoms with Crippen molar-refractivity contribution in [3.8, 4) is 0 Å². The first-order chi connectivity index (χ1) is 8.16. The monoisotopic (exact) mass is 249 g/mol. The highest BCUT2D eigenvalue weighted by Gasteiger charge is 2.29. The van der Waals surface area contributed by atoms with Gasteiger partial charge in [-0.15, -0.1) is 0 Å². The molecule has 0 amide bonds. The Kier molecular flexibility index (Phi) is 2.37. The van der Waals surface area contributed by atoms with Gasteiger partial charge < -0.3 is 10.1 Å². The molecule has 1 aliphatic carbocycles. The number of aromatic nitrogens is 1. The predicted octanol–water partition coefficient (Wildman–Crippen LogP) is 3.33. The summed E-state index contributed by atoms with van der Waals surface area (Å²) in [6, 6.07) is 5.65. The molecule has 0 radical (unpaired) electrons. The van der Waals surface area contributed by atoms with E-state index in [0.29, 0.717) is 11.4 Å². The van der Waals surface area contributed by atoms with Gasteiger partial charge in [-0.25, -0.2) is 0 Å². The van der Waals surface area contributed by atoms with Crippen LogP contribution in [0.15, 0.2) is 18.2 Å². The number of aliphatic carboxylic acids is 1. The van der Waals surface area contributed by atoms with E-state index in [1.165, 1.54) is 0 Å². The van der Waals surface area contributed by atoms with Crippen LogP contribution >= 0.6 is 11.6 Å². The van der Waals surface area contributed by atoms with E-state index in [-0.39, 0.29) is 0 Å². The molecule has 2 N–H and O–H groups in total. The molecule has 3 rings (SSSR count). The summed E-state index contributed by atoms with van der Waals surface area (Å²) in [6.07, 6.45) is 2.56. The van der Waals surface area contributed by atoms with Gasteiger partial charge in [-0.2, -0.15) is 0 Å². The highest BCUT2D eigenvalue weighted by atomic mass is 35.5. The van der Waals surface area contributed by atoms with Crippen LogP contribution in [0.5, 0.6) is 0 Å². The Morgan fingerprint density at radius 1 is 1.47 bits per heavy atom. The number of carbonyl (C=O) groups is 1. The molecule has 1 aromatic carbocycles. The topological polar surface area (TPSA) is 53.1 Å². The molecule has 0 saturated heterocycles. The number of halogens is 1. The Morgan fingerprint density at radius 2 is 2.29 bits per heavy atom. The number of fused-ring (bicyclic) bond motifs is 3. The van der Waals surface area contributed by atoms with Crippen LogP contribution in [0.1, 0.15) is 30.0 Å². The van der Waals surface area contributed by atoms with Gasteiger partial charge in [0.15, 0.2) is 0 Å². The van der Waals surface area contributed by atoms with E-state index in [9.17, 15) is 9.90 Å². The van der Waals surface area contributed by atoms with Gasteiger partial charge in [0.1, 0.15) is 0 Å². The number of aryl methyl sites for hydroxylation is 1. The highest BCUT2D eigenvalue weighted by Crippen LogP contribution is 2.36. The molecule has 17 heavy (non-hydrogen) atoms. The molecule has 0 fully saturated rings. The van der Waals surface area contributed by atoms with Crippen molar-refractivity contribution in [1.29, 1.82) is 0 Å². The van der Waals surface area contributed by atoms with Gasteiger partial charge in [0.05, 0.1) is 5.92 Å². The summed E-state index contributed by atoms with van der Waals surface area (Å²) in [5.74, 6) is -1.14. The maximum atomic E-state index is 11.2. The summed E-state index contributed by atoms with van der Waals surface area (Å²) in [7, 11) is 0. The van der Waals surface area contributed by atoms with Crippen molar-refractivity contribution in [1.82, 2.24) is 4.98 Å². The van der Waals surface area contributed by atoms with Crippen molar-refractivity contribution < 1.29 is 9.90 Å². The standard InChI is InChI=1S/C13H12ClNO2/c14-7-4-5-11-10(6-7)8-2-1-3-9(13(16)17)12(8)15-11/h4-6,9,15H,1-3H2,(H,16,17)/t9-/m0/s1. The van der Waals surface area contributed by atoms with Crippen molar-refractivity contribution in [3.05, 3.63) is 34.5 Å². The quantitative estimate of drug-likeness (QED) is 0.815. The van der Waals surface area contributed by atoms with E-state index in [1.807, 2.05) is 18.2 Å². The number of hydrogen-bond donors (Lipinski definition) is 2. The van der Waals surface area contributed by atoms with Crippen molar-refractivity contribution in [2.24, 2.45) is 0 Å². The molecule has 0 unspecified atom stereocenters. The molecule has 2 aromatic rings. The first-order valence-electron chi connectivity index (χ1n) is 5.69. The highest BCUT2D eigenvalue weighted by molar-refractivity contribution is 6.31. The fraction of sp³-hybridized carbons (Fsp3) is 0.308. The van der Waals surface area contributed by atoms with Gasteiger partial charge in [-0.1, -0.05) is 11.6 Å². The molecule has 0 spiro atoms. The zero-order valence-electron chi connectivity index (χ0n) is 9.16. The number of rotatable bonds is 1. The average Bonchev–Trinajstić information content (AvgIpc) is 2.66. The summed E-state index contributed by atoms with van der Waals surface area (Å²) in [5, 5.41) is 11.0. The molecular weight excluding hydrogens is 238 g/mol. The van der Waals surface area contributed by atoms with Gasteiger partial charge in [0, 0.05) is 21.6 Å². The summed E-state index contributed by atoms with van der Waals surface area (Å²) >= 11 is 5.99. The molecule has 4 heteroatoms. The minimum atomic E-state index is -0.747. The fourth-order valence-electron chi connectivity index (χ4n) is 2.68. The smallest absolute Gasteiger partial charge is 0.312 e. The van der Waals surface area contributed by atoms with Gasteiger partial charge in [-0.05, 0) is 43.0 Å². The number of hydrogen-bond acceptors (Lipinski definition) is 1. The first kappa shape index (κ1) is 10.7. The van der Waals surface area contributed by atoms with Crippen LogP contribution in [0, 0.1) is 0 Å². The van der Waals surface area contributed by atoms with Gasteiger partial charge in [-0.3, -0.25) is 4.79 Å². The third kappa shape index (κ3) is 1.62. The average molecular weight is 250 g/mol. The normalized spacial score (nSPS) is 19.2. The third-order valence-corrected chi connectivity index (χ3v) is 3.70. The van der Waals surface area contributed by atoms with E-state index < -0.39 is 11.9 Å². The molecule has 0 bridgehead atoms. The van der Waals surface area contributed by atoms with E-state index in [4.69, 9.17) is 11.6 Å². The number of benzene rings is 1. The second-order valence-corrected chi connectivity index (χ2v) is 4.93. The Morgan fingerprint density at radius 3 is 3.06 bits per heavy atom. The Labute approximate surface area is 103 Å². The Balaban J connectivity index is 2.25. The van der Waals surface area contributed by atoms with Crippen LogP contribution < -0.4 is 0 Å². The number of aromatic amines is 1. The summed E-state index contributed by atoms with van der Waals surface area (Å²) in [6.45, 7) is 0. The van der Waals surface area contributed by atoms with Gasteiger partial charge in [0.2, 0.25) is 0 Å². The van der Waals surface area contributed by atoms with Crippen LogP contribution in [0.2, 0.25) is 5.02 Å². The van der Waals surface area contributed by atoms with E-state index >= 15 is 0 Å². The molecule has 1 atom stereocenters. The Bertz CT molecular complexity index is 603. The largest absolute Gasteiger partial charge is 0.481 e. The van der Waals surface area contributed by atoms with Crippen LogP contribution in [-0.2, 0) is 11.2 Å². The van der Waals surface area contributed by atoms with Crippen molar-refractivity contribution in [2.75, 3.05) is 0 Å². The van der Waals surface area contributed by atoms with Crippen LogP contribution in [0.4, 0.5) is 0 Å². The van der Waals surface area contributed by atoms with Crippen molar-refractivity contribution in [3.63, 3.8) is 0 Å². The molecular formula is C13H12ClNO2. The van der Waals surface area contributed by atoms with Crippen LogP contribution in [0.25, 0.3) is 10.9 Å². The lowest BCUT2D eigenvalue weighted by Gasteiger charge is -2.18. The summed E-state index contributed by atoms with van der Waals surface area (Å²) < 4.78 is 0. The lowest BCUT2D eigenvalue weighted by Crippen LogP contribution is -2.17. The third-order valence-electron chi connectivity index (χ3n) is 3.47. The lowest BCUT2D eigenvalue weighted by molar-refractivity contribution is -0.139. The predicted molar refractivity (Wildman–Crippen MR) is 66.6 cm³/mol. The maximum Gasteiger partial charge on any atom is 0.312 e. The zero-order chi connectivity index (χ0) is 12.0. The molecule has 1 heterocycles. The van der Waals surface area contributed by atoms with E-state index in [2.05, 4.69) is 4.98 Å². The van der Waals surface area contributed by atoms with Crippen LogP contribution in [0.3, 0.4) is 0 Å².